The maximum absolute atomic E-state index is 12.0. The highest BCUT2D eigenvalue weighted by Gasteiger charge is 2.28. The fourth-order valence-electron chi connectivity index (χ4n) is 1.51. The number of nitrogens with zero attached hydrogens (tertiary/aromatic N) is 1. The average Bonchev–Trinajstić information content (AvgIpc) is 2.97. The fourth-order valence-corrected chi connectivity index (χ4v) is 2.85. The first-order chi connectivity index (χ1) is 8.40. The monoisotopic (exact) mass is 272 g/mol. The molecule has 1 saturated carbocycles. The van der Waals surface area contributed by atoms with E-state index in [1.165, 1.54) is 13.1 Å². The molecule has 1 aliphatic carbocycles. The zero-order chi connectivity index (χ0) is 13.3. The van der Waals surface area contributed by atoms with Crippen LogP contribution in [0.25, 0.3) is 0 Å². The first-order valence-electron chi connectivity index (χ1n) is 5.73. The van der Waals surface area contributed by atoms with E-state index in [-0.39, 0.29) is 16.8 Å². The summed E-state index contributed by atoms with van der Waals surface area (Å²) >= 11 is 0. The van der Waals surface area contributed by atoms with Gasteiger partial charge in [0.05, 0.1) is 17.9 Å². The third kappa shape index (κ3) is 2.88. The van der Waals surface area contributed by atoms with E-state index in [1.807, 2.05) is 0 Å². The highest BCUT2D eigenvalue weighted by molar-refractivity contribution is 7.89. The summed E-state index contributed by atoms with van der Waals surface area (Å²) in [5, 5.41) is 8.95. The fraction of sp³-hybridized carbons (Fsp3) is 0.600. The van der Waals surface area contributed by atoms with Gasteiger partial charge in [-0.05, 0) is 26.7 Å². The lowest BCUT2D eigenvalue weighted by molar-refractivity contribution is -0.122. The van der Waals surface area contributed by atoms with Crippen molar-refractivity contribution in [3.05, 3.63) is 11.9 Å². The Hall–Kier alpha value is -1.41. The van der Waals surface area contributed by atoms with Crippen LogP contribution < -0.4 is 10.0 Å². The number of aromatic amines is 1. The van der Waals surface area contributed by atoms with Crippen molar-refractivity contribution in [1.29, 1.82) is 0 Å². The van der Waals surface area contributed by atoms with E-state index < -0.39 is 16.1 Å². The molecule has 100 valence electrons. The summed E-state index contributed by atoms with van der Waals surface area (Å²) in [5.74, 6) is -0.303. The van der Waals surface area contributed by atoms with Crippen molar-refractivity contribution >= 4 is 15.9 Å². The largest absolute Gasteiger partial charge is 0.352 e. The van der Waals surface area contributed by atoms with Gasteiger partial charge in [0.1, 0.15) is 4.90 Å². The molecule has 0 spiro atoms. The summed E-state index contributed by atoms with van der Waals surface area (Å²) in [6.45, 7) is 3.13. The maximum atomic E-state index is 12.0. The number of amides is 1. The number of carbonyl (C=O) groups is 1. The smallest absolute Gasteiger partial charge is 0.244 e. The van der Waals surface area contributed by atoms with E-state index in [0.717, 1.165) is 12.8 Å². The van der Waals surface area contributed by atoms with Gasteiger partial charge in [-0.3, -0.25) is 9.89 Å². The van der Waals surface area contributed by atoms with E-state index in [2.05, 4.69) is 20.2 Å². The second-order valence-corrected chi connectivity index (χ2v) is 6.17. The van der Waals surface area contributed by atoms with Crippen LogP contribution in [-0.4, -0.2) is 36.6 Å². The lowest BCUT2D eigenvalue weighted by Crippen LogP contribution is -2.45. The summed E-state index contributed by atoms with van der Waals surface area (Å²) in [5.41, 5.74) is 0.442. The van der Waals surface area contributed by atoms with E-state index in [1.54, 1.807) is 6.92 Å². The van der Waals surface area contributed by atoms with Crippen molar-refractivity contribution in [3.8, 4) is 0 Å². The number of nitrogens with one attached hydrogen (secondary N) is 3. The average molecular weight is 272 g/mol. The standard InChI is InChI=1S/C10H16N4O3S/c1-6-9(5-11-13-6)18(16,17)14-7(2)10(15)12-8-3-4-8/h5,7-8,14H,3-4H2,1-2H3,(H,11,13)(H,12,15). The Balaban J connectivity index is 2.03. The van der Waals surface area contributed by atoms with Gasteiger partial charge in [0, 0.05) is 6.04 Å². The van der Waals surface area contributed by atoms with Crippen LogP contribution in [0.3, 0.4) is 0 Å². The van der Waals surface area contributed by atoms with Crippen LogP contribution in [0.2, 0.25) is 0 Å². The number of H-pyrrole nitrogens is 1. The van der Waals surface area contributed by atoms with E-state index in [9.17, 15) is 13.2 Å². The molecule has 1 heterocycles. The summed E-state index contributed by atoms with van der Waals surface area (Å²) in [6, 6.07) is -0.593. The number of hydrogen-bond donors (Lipinski definition) is 3. The van der Waals surface area contributed by atoms with Crippen LogP contribution >= 0.6 is 0 Å². The quantitative estimate of drug-likeness (QED) is 0.682. The van der Waals surface area contributed by atoms with Crippen LogP contribution in [0, 0.1) is 6.92 Å². The van der Waals surface area contributed by atoms with Gasteiger partial charge < -0.3 is 5.32 Å². The lowest BCUT2D eigenvalue weighted by atomic mass is 10.3. The molecule has 3 N–H and O–H groups in total. The van der Waals surface area contributed by atoms with E-state index in [4.69, 9.17) is 0 Å². The minimum atomic E-state index is -3.71. The first-order valence-corrected chi connectivity index (χ1v) is 7.21. The van der Waals surface area contributed by atoms with Gasteiger partial charge in [-0.1, -0.05) is 0 Å². The molecule has 1 fully saturated rings. The Kier molecular flexibility index (Phi) is 3.40. The molecule has 1 aliphatic rings. The highest BCUT2D eigenvalue weighted by Crippen LogP contribution is 2.18. The minimum absolute atomic E-state index is 0.0635. The number of carbonyl (C=O) groups excluding carboxylic acids is 1. The van der Waals surface area contributed by atoms with Gasteiger partial charge in [0.2, 0.25) is 15.9 Å². The van der Waals surface area contributed by atoms with Gasteiger partial charge in [0.15, 0.2) is 0 Å². The molecule has 1 amide bonds. The Bertz CT molecular complexity index is 547. The van der Waals surface area contributed by atoms with Crippen molar-refractivity contribution in [2.24, 2.45) is 0 Å². The minimum Gasteiger partial charge on any atom is -0.352 e. The van der Waals surface area contributed by atoms with Crippen LogP contribution in [0.5, 0.6) is 0 Å². The number of aryl methyl sites for hydroxylation is 1. The number of aromatic nitrogens is 2. The van der Waals surface area contributed by atoms with Crippen molar-refractivity contribution in [1.82, 2.24) is 20.2 Å². The lowest BCUT2D eigenvalue weighted by Gasteiger charge is -2.13. The molecular weight excluding hydrogens is 256 g/mol. The Labute approximate surface area is 105 Å². The van der Waals surface area contributed by atoms with E-state index in [0.29, 0.717) is 5.69 Å². The molecule has 7 nitrogen and oxygen atoms in total. The molecule has 0 saturated heterocycles. The molecule has 0 bridgehead atoms. The molecule has 2 rings (SSSR count). The molecule has 1 unspecified atom stereocenters. The SMILES string of the molecule is Cc1[nH]ncc1S(=O)(=O)NC(C)C(=O)NC1CC1. The van der Waals surface area contributed by atoms with E-state index >= 15 is 0 Å². The summed E-state index contributed by atoms with van der Waals surface area (Å²) in [6.07, 6.45) is 3.15. The van der Waals surface area contributed by atoms with Gasteiger partial charge >= 0.3 is 0 Å². The predicted octanol–water partition coefficient (Wildman–Crippen LogP) is -0.336. The third-order valence-corrected chi connectivity index (χ3v) is 4.38. The maximum Gasteiger partial charge on any atom is 0.244 e. The van der Waals surface area contributed by atoms with Crippen molar-refractivity contribution in [2.75, 3.05) is 0 Å². The highest BCUT2D eigenvalue weighted by atomic mass is 32.2. The van der Waals surface area contributed by atoms with Crippen LogP contribution in [-0.2, 0) is 14.8 Å². The summed E-state index contributed by atoms with van der Waals surface area (Å²) < 4.78 is 26.3. The Morgan fingerprint density at radius 3 is 2.72 bits per heavy atom. The summed E-state index contributed by atoms with van der Waals surface area (Å²) in [7, 11) is -3.71. The second-order valence-electron chi connectivity index (χ2n) is 4.49. The molecule has 1 aromatic heterocycles. The van der Waals surface area contributed by atoms with Crippen molar-refractivity contribution < 1.29 is 13.2 Å². The summed E-state index contributed by atoms with van der Waals surface area (Å²) in [4.78, 5) is 11.7. The van der Waals surface area contributed by atoms with Crippen LogP contribution in [0.1, 0.15) is 25.5 Å². The molecule has 18 heavy (non-hydrogen) atoms. The van der Waals surface area contributed by atoms with Crippen molar-refractivity contribution in [3.63, 3.8) is 0 Å². The Morgan fingerprint density at radius 2 is 2.22 bits per heavy atom. The molecule has 1 aromatic rings. The topological polar surface area (TPSA) is 104 Å². The normalized spacial score (nSPS) is 17.4. The molecule has 0 aliphatic heterocycles. The van der Waals surface area contributed by atoms with Crippen molar-refractivity contribution in [2.45, 2.75) is 43.7 Å². The molecule has 0 aromatic carbocycles. The van der Waals surface area contributed by atoms with Gasteiger partial charge in [-0.2, -0.15) is 9.82 Å². The second kappa shape index (κ2) is 4.69. The molecule has 0 radical (unpaired) electrons. The zero-order valence-corrected chi connectivity index (χ0v) is 11.0. The number of rotatable bonds is 5. The van der Waals surface area contributed by atoms with Gasteiger partial charge in [0.25, 0.3) is 0 Å². The number of hydrogen-bond acceptors (Lipinski definition) is 4. The third-order valence-electron chi connectivity index (χ3n) is 2.72. The zero-order valence-electron chi connectivity index (χ0n) is 10.2. The number of sulfonamides is 1. The van der Waals surface area contributed by atoms with Gasteiger partial charge in [-0.15, -0.1) is 0 Å². The molecular formula is C10H16N4O3S. The molecule has 1 atom stereocenters. The Morgan fingerprint density at radius 1 is 1.56 bits per heavy atom. The van der Waals surface area contributed by atoms with Crippen LogP contribution in [0.15, 0.2) is 11.1 Å². The van der Waals surface area contributed by atoms with Crippen LogP contribution in [0.4, 0.5) is 0 Å². The molecule has 8 heteroatoms. The van der Waals surface area contributed by atoms with Gasteiger partial charge in [-0.25, -0.2) is 8.42 Å². The first kappa shape index (κ1) is 13.0. The predicted molar refractivity (Wildman–Crippen MR) is 64.3 cm³/mol.